The number of hydrogen-bond donors (Lipinski definition) is 1. The Morgan fingerprint density at radius 2 is 2.00 bits per heavy atom. The molecule has 30 heavy (non-hydrogen) atoms. The van der Waals surface area contributed by atoms with Crippen LogP contribution in [-0.2, 0) is 14.6 Å². The Labute approximate surface area is 179 Å². The normalized spacial score (nSPS) is 22.0. The number of fused-ring (bicyclic) bond motifs is 1. The number of hydrogen-bond acceptors (Lipinski definition) is 6. The molecule has 1 fully saturated rings. The zero-order valence-electron chi connectivity index (χ0n) is 16.6. The van der Waals surface area contributed by atoms with Crippen LogP contribution in [0.3, 0.4) is 0 Å². The maximum atomic E-state index is 14.5. The molecule has 0 aromatic heterocycles. The molecule has 2 aromatic carbocycles. The number of amides is 1. The maximum absolute atomic E-state index is 14.5. The Morgan fingerprint density at radius 3 is 2.73 bits per heavy atom. The molecule has 4 rings (SSSR count). The van der Waals surface area contributed by atoms with Gasteiger partial charge in [0.2, 0.25) is 5.91 Å². The zero-order valence-corrected chi connectivity index (χ0v) is 18.3. The number of amidine groups is 1. The van der Waals surface area contributed by atoms with Crippen molar-refractivity contribution < 1.29 is 17.6 Å². The molecule has 0 saturated carbocycles. The first-order chi connectivity index (χ1) is 14.2. The smallest absolute Gasteiger partial charge is 0.234 e. The Kier molecular flexibility index (Phi) is 5.59. The van der Waals surface area contributed by atoms with Gasteiger partial charge in [0.05, 0.1) is 35.0 Å². The SMILES string of the molecule is Cc1ccc(NC(=O)CSC2=N[C@@H]3CS(=O)(=O)C[C@H]3N2c2ccccc2F)c(C)c1. The Hall–Kier alpha value is -2.39. The van der Waals surface area contributed by atoms with Crippen molar-refractivity contribution in [2.24, 2.45) is 4.99 Å². The molecule has 2 heterocycles. The Morgan fingerprint density at radius 1 is 1.23 bits per heavy atom. The van der Waals surface area contributed by atoms with E-state index in [0.29, 0.717) is 5.17 Å². The van der Waals surface area contributed by atoms with Crippen molar-refractivity contribution in [3.05, 3.63) is 59.4 Å². The van der Waals surface area contributed by atoms with Crippen molar-refractivity contribution in [3.63, 3.8) is 0 Å². The van der Waals surface area contributed by atoms with Crippen molar-refractivity contribution in [1.82, 2.24) is 0 Å². The van der Waals surface area contributed by atoms with E-state index in [0.717, 1.165) is 16.8 Å². The highest BCUT2D eigenvalue weighted by Gasteiger charge is 2.47. The fourth-order valence-electron chi connectivity index (χ4n) is 3.83. The summed E-state index contributed by atoms with van der Waals surface area (Å²) in [6.45, 7) is 3.92. The molecule has 2 aromatic rings. The number of anilines is 2. The molecule has 1 amide bonds. The van der Waals surface area contributed by atoms with Crippen LogP contribution in [0.2, 0.25) is 0 Å². The first-order valence-corrected chi connectivity index (χ1v) is 12.4. The molecule has 0 aliphatic carbocycles. The van der Waals surface area contributed by atoms with Crippen molar-refractivity contribution >= 4 is 44.0 Å². The average Bonchev–Trinajstić information content (AvgIpc) is 3.14. The second kappa shape index (κ2) is 8.03. The van der Waals surface area contributed by atoms with Crippen LogP contribution in [0.25, 0.3) is 0 Å². The van der Waals surface area contributed by atoms with Gasteiger partial charge in [-0.3, -0.25) is 9.79 Å². The predicted molar refractivity (Wildman–Crippen MR) is 120 cm³/mol. The highest BCUT2D eigenvalue weighted by atomic mass is 32.2. The minimum Gasteiger partial charge on any atom is -0.325 e. The minimum atomic E-state index is -3.22. The molecule has 0 bridgehead atoms. The van der Waals surface area contributed by atoms with E-state index < -0.39 is 27.7 Å². The number of nitrogens with zero attached hydrogens (tertiary/aromatic N) is 2. The molecule has 1 saturated heterocycles. The molecule has 2 atom stereocenters. The monoisotopic (exact) mass is 447 g/mol. The van der Waals surface area contributed by atoms with Crippen LogP contribution in [-0.4, -0.2) is 48.8 Å². The van der Waals surface area contributed by atoms with Gasteiger partial charge in [0.25, 0.3) is 0 Å². The standard InChI is InChI=1S/C21H22FN3O3S2/c1-13-7-8-16(14(2)9-13)23-20(26)10-29-21-24-17-11-30(27,28)12-19(17)25(21)18-6-4-3-5-15(18)22/h3-9,17,19H,10-12H2,1-2H3,(H,23,26)/t17-,19-/m1/s1. The van der Waals surface area contributed by atoms with Gasteiger partial charge in [-0.05, 0) is 37.6 Å². The molecule has 1 N–H and O–H groups in total. The number of rotatable bonds is 4. The fraction of sp³-hybridized carbons (Fsp3) is 0.333. The van der Waals surface area contributed by atoms with Gasteiger partial charge in [-0.1, -0.05) is 41.6 Å². The maximum Gasteiger partial charge on any atom is 0.234 e. The lowest BCUT2D eigenvalue weighted by Crippen LogP contribution is -2.40. The van der Waals surface area contributed by atoms with Gasteiger partial charge in [-0.15, -0.1) is 0 Å². The van der Waals surface area contributed by atoms with Gasteiger partial charge in [0, 0.05) is 5.69 Å². The summed E-state index contributed by atoms with van der Waals surface area (Å²) in [5, 5.41) is 3.36. The van der Waals surface area contributed by atoms with Gasteiger partial charge in [-0.2, -0.15) is 0 Å². The van der Waals surface area contributed by atoms with Gasteiger partial charge in [0.15, 0.2) is 15.0 Å². The van der Waals surface area contributed by atoms with E-state index in [1.807, 2.05) is 32.0 Å². The van der Waals surface area contributed by atoms with Crippen LogP contribution in [0, 0.1) is 19.7 Å². The first-order valence-electron chi connectivity index (χ1n) is 9.55. The average molecular weight is 448 g/mol. The number of carbonyl (C=O) groups is 1. The summed E-state index contributed by atoms with van der Waals surface area (Å²) in [5.74, 6) is -0.692. The van der Waals surface area contributed by atoms with E-state index >= 15 is 0 Å². The number of aryl methyl sites for hydroxylation is 2. The summed E-state index contributed by atoms with van der Waals surface area (Å²) in [6, 6.07) is 11.1. The molecule has 0 spiro atoms. The molecule has 0 unspecified atom stereocenters. The van der Waals surface area contributed by atoms with Gasteiger partial charge >= 0.3 is 0 Å². The molecule has 9 heteroatoms. The summed E-state index contributed by atoms with van der Waals surface area (Å²) in [4.78, 5) is 18.7. The summed E-state index contributed by atoms with van der Waals surface area (Å²) < 4.78 is 38.6. The van der Waals surface area contributed by atoms with Crippen molar-refractivity contribution in [2.45, 2.75) is 25.9 Å². The summed E-state index contributed by atoms with van der Waals surface area (Å²) in [5.41, 5.74) is 3.11. The fourth-order valence-corrected chi connectivity index (χ4v) is 6.59. The third-order valence-electron chi connectivity index (χ3n) is 5.21. The third-order valence-corrected chi connectivity index (χ3v) is 7.87. The number of aliphatic imine (C=N–C) groups is 1. The van der Waals surface area contributed by atoms with E-state index in [9.17, 15) is 17.6 Å². The quantitative estimate of drug-likeness (QED) is 0.779. The summed E-state index contributed by atoms with van der Waals surface area (Å²) >= 11 is 1.19. The number of thioether (sulfide) groups is 1. The molecule has 158 valence electrons. The number of nitrogens with one attached hydrogen (secondary N) is 1. The van der Waals surface area contributed by atoms with Crippen LogP contribution >= 0.6 is 11.8 Å². The predicted octanol–water partition coefficient (Wildman–Crippen LogP) is 3.16. The van der Waals surface area contributed by atoms with Crippen LogP contribution in [0.15, 0.2) is 47.5 Å². The number of halogens is 1. The highest BCUT2D eigenvalue weighted by molar-refractivity contribution is 8.14. The second-order valence-electron chi connectivity index (χ2n) is 7.60. The summed E-state index contributed by atoms with van der Waals surface area (Å²) in [6.07, 6.45) is 0. The minimum absolute atomic E-state index is 0.0541. The Balaban J connectivity index is 1.52. The topological polar surface area (TPSA) is 78.8 Å². The highest BCUT2D eigenvalue weighted by Crippen LogP contribution is 2.36. The lowest BCUT2D eigenvalue weighted by molar-refractivity contribution is -0.113. The third kappa shape index (κ3) is 4.22. The number of sulfone groups is 1. The van der Waals surface area contributed by atoms with E-state index in [1.165, 1.54) is 17.8 Å². The number of benzene rings is 2. The van der Waals surface area contributed by atoms with Gasteiger partial charge in [-0.25, -0.2) is 12.8 Å². The van der Waals surface area contributed by atoms with E-state index in [2.05, 4.69) is 10.3 Å². The van der Waals surface area contributed by atoms with Gasteiger partial charge < -0.3 is 10.2 Å². The molecular weight excluding hydrogens is 425 g/mol. The van der Waals surface area contributed by atoms with Gasteiger partial charge in [0.1, 0.15) is 5.82 Å². The molecule has 6 nitrogen and oxygen atoms in total. The van der Waals surface area contributed by atoms with Crippen molar-refractivity contribution in [1.29, 1.82) is 0 Å². The van der Waals surface area contributed by atoms with Crippen molar-refractivity contribution in [2.75, 3.05) is 27.5 Å². The summed E-state index contributed by atoms with van der Waals surface area (Å²) in [7, 11) is -3.22. The van der Waals surface area contributed by atoms with E-state index in [-0.39, 0.29) is 28.9 Å². The van der Waals surface area contributed by atoms with Crippen LogP contribution in [0.5, 0.6) is 0 Å². The molecule has 2 aliphatic rings. The van der Waals surface area contributed by atoms with Crippen LogP contribution in [0.4, 0.5) is 15.8 Å². The molecular formula is C21H22FN3O3S2. The Bertz CT molecular complexity index is 1130. The molecule has 2 aliphatic heterocycles. The second-order valence-corrected chi connectivity index (χ2v) is 10.7. The lowest BCUT2D eigenvalue weighted by atomic mass is 10.1. The van der Waals surface area contributed by atoms with Crippen LogP contribution < -0.4 is 10.2 Å². The van der Waals surface area contributed by atoms with Crippen molar-refractivity contribution in [3.8, 4) is 0 Å². The zero-order chi connectivity index (χ0) is 21.5. The number of para-hydroxylation sites is 1. The lowest BCUT2D eigenvalue weighted by Gasteiger charge is -2.26. The number of carbonyl (C=O) groups excluding carboxylic acids is 1. The van der Waals surface area contributed by atoms with Crippen LogP contribution in [0.1, 0.15) is 11.1 Å². The molecule has 0 radical (unpaired) electrons. The van der Waals surface area contributed by atoms with E-state index in [1.54, 1.807) is 23.1 Å². The first kappa shape index (κ1) is 20.9. The largest absolute Gasteiger partial charge is 0.325 e. The van der Waals surface area contributed by atoms with E-state index in [4.69, 9.17) is 0 Å².